The maximum atomic E-state index is 13.6. The Bertz CT molecular complexity index is 1020. The third-order valence-corrected chi connectivity index (χ3v) is 6.60. The van der Waals surface area contributed by atoms with Gasteiger partial charge in [-0.15, -0.1) is 0 Å². The fraction of sp³-hybridized carbons (Fsp3) is 0.286. The van der Waals surface area contributed by atoms with Crippen molar-refractivity contribution in [2.45, 2.75) is 24.2 Å². The summed E-state index contributed by atoms with van der Waals surface area (Å²) in [4.78, 5) is 12.2. The summed E-state index contributed by atoms with van der Waals surface area (Å²) in [7, 11) is -2.33. The van der Waals surface area contributed by atoms with Gasteiger partial charge in [0.05, 0.1) is 7.11 Å². The van der Waals surface area contributed by atoms with Crippen LogP contribution in [0.25, 0.3) is 6.08 Å². The highest BCUT2D eigenvalue weighted by molar-refractivity contribution is 7.89. The fourth-order valence-electron chi connectivity index (χ4n) is 3.16. The highest BCUT2D eigenvalue weighted by Gasteiger charge is 2.29. The molecule has 0 radical (unpaired) electrons. The minimum absolute atomic E-state index is 0.0118. The molecule has 0 unspecified atom stereocenters. The van der Waals surface area contributed by atoms with Crippen LogP contribution in [0.15, 0.2) is 53.4 Å². The number of nitrogens with one attached hydrogen (secondary N) is 1. The van der Waals surface area contributed by atoms with Gasteiger partial charge in [0, 0.05) is 30.4 Å². The van der Waals surface area contributed by atoms with Gasteiger partial charge in [0.25, 0.3) is 0 Å². The van der Waals surface area contributed by atoms with E-state index < -0.39 is 21.7 Å². The van der Waals surface area contributed by atoms with Gasteiger partial charge in [-0.25, -0.2) is 12.8 Å². The van der Waals surface area contributed by atoms with Crippen molar-refractivity contribution in [3.8, 4) is 5.75 Å². The topological polar surface area (TPSA) is 75.7 Å². The van der Waals surface area contributed by atoms with Gasteiger partial charge < -0.3 is 10.1 Å². The first-order valence-corrected chi connectivity index (χ1v) is 10.8. The van der Waals surface area contributed by atoms with Crippen molar-refractivity contribution in [3.05, 3.63) is 59.9 Å². The van der Waals surface area contributed by atoms with Crippen LogP contribution in [0.2, 0.25) is 0 Å². The Hall–Kier alpha value is -2.71. The SMILES string of the molecule is COc1ccc(NC(=O)/C=C/c2ccccc2F)cc1S(=O)(=O)N1CCCCC1. The van der Waals surface area contributed by atoms with E-state index in [0.717, 1.165) is 19.3 Å². The first kappa shape index (κ1) is 21.0. The molecule has 1 aliphatic heterocycles. The zero-order chi connectivity index (χ0) is 20.9. The number of carbonyl (C=O) groups is 1. The lowest BCUT2D eigenvalue weighted by Gasteiger charge is -2.26. The largest absolute Gasteiger partial charge is 0.495 e. The molecular weight excluding hydrogens is 395 g/mol. The quantitative estimate of drug-likeness (QED) is 0.727. The highest BCUT2D eigenvalue weighted by Crippen LogP contribution is 2.31. The van der Waals surface area contributed by atoms with Gasteiger partial charge in [0.15, 0.2) is 0 Å². The van der Waals surface area contributed by atoms with E-state index in [-0.39, 0.29) is 16.2 Å². The number of rotatable bonds is 6. The number of hydrogen-bond donors (Lipinski definition) is 1. The van der Waals surface area contributed by atoms with Crippen LogP contribution >= 0.6 is 0 Å². The number of benzene rings is 2. The molecule has 1 heterocycles. The van der Waals surface area contributed by atoms with Crippen LogP contribution in [-0.4, -0.2) is 38.8 Å². The Balaban J connectivity index is 1.81. The molecule has 0 bridgehead atoms. The van der Waals surface area contributed by atoms with Crippen molar-refractivity contribution >= 4 is 27.7 Å². The van der Waals surface area contributed by atoms with E-state index in [4.69, 9.17) is 4.74 Å². The molecule has 1 saturated heterocycles. The van der Waals surface area contributed by atoms with Crippen LogP contribution in [0.5, 0.6) is 5.75 Å². The number of ether oxygens (including phenoxy) is 1. The summed E-state index contributed by atoms with van der Waals surface area (Å²) in [6.45, 7) is 0.931. The summed E-state index contributed by atoms with van der Waals surface area (Å²) >= 11 is 0. The number of hydrogen-bond acceptors (Lipinski definition) is 4. The van der Waals surface area contributed by atoms with Gasteiger partial charge in [-0.2, -0.15) is 4.31 Å². The lowest BCUT2D eigenvalue weighted by molar-refractivity contribution is -0.111. The van der Waals surface area contributed by atoms with Gasteiger partial charge in [0.1, 0.15) is 16.5 Å². The molecular formula is C21H23FN2O4S. The molecule has 6 nitrogen and oxygen atoms in total. The Labute approximate surface area is 170 Å². The second-order valence-electron chi connectivity index (χ2n) is 6.67. The molecule has 0 aliphatic carbocycles. The van der Waals surface area contributed by atoms with E-state index >= 15 is 0 Å². The first-order valence-electron chi connectivity index (χ1n) is 9.33. The normalized spacial score (nSPS) is 15.4. The minimum atomic E-state index is -3.73. The number of anilines is 1. The lowest BCUT2D eigenvalue weighted by Crippen LogP contribution is -2.35. The number of halogens is 1. The maximum Gasteiger partial charge on any atom is 0.248 e. The van der Waals surface area contributed by atoms with E-state index in [0.29, 0.717) is 18.8 Å². The van der Waals surface area contributed by atoms with Gasteiger partial charge >= 0.3 is 0 Å². The number of methoxy groups -OCH3 is 1. The molecule has 29 heavy (non-hydrogen) atoms. The summed E-state index contributed by atoms with van der Waals surface area (Å²) in [6, 6.07) is 10.5. The molecule has 1 amide bonds. The molecule has 1 fully saturated rings. The van der Waals surface area contributed by atoms with Gasteiger partial charge in [0.2, 0.25) is 15.9 Å². The molecule has 3 rings (SSSR count). The number of nitrogens with zero attached hydrogens (tertiary/aromatic N) is 1. The van der Waals surface area contributed by atoms with Crippen molar-refractivity contribution in [2.75, 3.05) is 25.5 Å². The van der Waals surface area contributed by atoms with Crippen LogP contribution in [0.3, 0.4) is 0 Å². The zero-order valence-corrected chi connectivity index (χ0v) is 16.9. The van der Waals surface area contributed by atoms with E-state index in [1.807, 2.05) is 0 Å². The molecule has 2 aromatic rings. The third kappa shape index (κ3) is 5.02. The molecule has 8 heteroatoms. The van der Waals surface area contributed by atoms with E-state index in [1.165, 1.54) is 41.8 Å². The van der Waals surface area contributed by atoms with Crippen molar-refractivity contribution < 1.29 is 22.3 Å². The first-order chi connectivity index (χ1) is 13.9. The standard InChI is InChI=1S/C21H23FN2O4S/c1-28-19-11-10-17(15-20(19)29(26,27)24-13-5-2-6-14-24)23-21(25)12-9-16-7-3-4-8-18(16)22/h3-4,7-12,15H,2,5-6,13-14H2,1H3,(H,23,25)/b12-9+. The van der Waals surface area contributed by atoms with Crippen LogP contribution in [0.4, 0.5) is 10.1 Å². The molecule has 0 atom stereocenters. The molecule has 0 spiro atoms. The summed E-state index contributed by atoms with van der Waals surface area (Å²) in [5.74, 6) is -0.717. The molecule has 2 aromatic carbocycles. The number of piperidine rings is 1. The molecule has 1 aliphatic rings. The zero-order valence-electron chi connectivity index (χ0n) is 16.1. The summed E-state index contributed by atoms with van der Waals surface area (Å²) in [5.41, 5.74) is 0.593. The Morgan fingerprint density at radius 1 is 1.14 bits per heavy atom. The van der Waals surface area contributed by atoms with E-state index in [9.17, 15) is 17.6 Å². The van der Waals surface area contributed by atoms with Crippen molar-refractivity contribution in [1.29, 1.82) is 0 Å². The summed E-state index contributed by atoms with van der Waals surface area (Å²) in [6.07, 6.45) is 5.20. The summed E-state index contributed by atoms with van der Waals surface area (Å²) in [5, 5.41) is 2.61. The highest BCUT2D eigenvalue weighted by atomic mass is 32.2. The Kier molecular flexibility index (Phi) is 6.66. The van der Waals surface area contributed by atoms with Crippen molar-refractivity contribution in [3.63, 3.8) is 0 Å². The maximum absolute atomic E-state index is 13.6. The van der Waals surface area contributed by atoms with E-state index in [1.54, 1.807) is 24.3 Å². The number of amides is 1. The summed E-state index contributed by atoms with van der Waals surface area (Å²) < 4.78 is 46.4. The number of carbonyl (C=O) groups excluding carboxylic acids is 1. The van der Waals surface area contributed by atoms with Crippen molar-refractivity contribution in [1.82, 2.24) is 4.31 Å². The van der Waals surface area contributed by atoms with E-state index in [2.05, 4.69) is 5.32 Å². The van der Waals surface area contributed by atoms with Crippen LogP contribution < -0.4 is 10.1 Å². The second kappa shape index (κ2) is 9.19. The molecule has 1 N–H and O–H groups in total. The molecule has 0 aromatic heterocycles. The monoisotopic (exact) mass is 418 g/mol. The average molecular weight is 418 g/mol. The van der Waals surface area contributed by atoms with Crippen LogP contribution in [-0.2, 0) is 14.8 Å². The lowest BCUT2D eigenvalue weighted by atomic mass is 10.2. The van der Waals surface area contributed by atoms with Crippen molar-refractivity contribution in [2.24, 2.45) is 0 Å². The van der Waals surface area contributed by atoms with Crippen LogP contribution in [0, 0.1) is 5.82 Å². The number of sulfonamides is 1. The Morgan fingerprint density at radius 3 is 2.55 bits per heavy atom. The van der Waals surface area contributed by atoms with Gasteiger partial charge in [-0.1, -0.05) is 24.6 Å². The average Bonchev–Trinajstić information content (AvgIpc) is 2.74. The predicted octanol–water partition coefficient (Wildman–Crippen LogP) is 3.66. The van der Waals surface area contributed by atoms with Gasteiger partial charge in [-0.3, -0.25) is 4.79 Å². The fourth-order valence-corrected chi connectivity index (χ4v) is 4.86. The Morgan fingerprint density at radius 2 is 1.86 bits per heavy atom. The molecule has 0 saturated carbocycles. The smallest absolute Gasteiger partial charge is 0.248 e. The minimum Gasteiger partial charge on any atom is -0.495 e. The predicted molar refractivity (Wildman–Crippen MR) is 110 cm³/mol. The van der Waals surface area contributed by atoms with Gasteiger partial charge in [-0.05, 0) is 43.2 Å². The second-order valence-corrected chi connectivity index (χ2v) is 8.58. The third-order valence-electron chi connectivity index (χ3n) is 4.68. The van der Waals surface area contributed by atoms with Crippen LogP contribution in [0.1, 0.15) is 24.8 Å². The molecule has 154 valence electrons.